The summed E-state index contributed by atoms with van der Waals surface area (Å²) in [6, 6.07) is 12.2. The number of amides is 4. The minimum atomic E-state index is -1.15. The molecule has 2 fully saturated rings. The Kier molecular flexibility index (Phi) is 18.7. The van der Waals surface area contributed by atoms with Gasteiger partial charge in [0.05, 0.1) is 50.4 Å². The number of fused-ring (bicyclic) bond motifs is 1. The quantitative estimate of drug-likeness (QED) is 0.0849. The Bertz CT molecular complexity index is 1580. The molecule has 4 rings (SSSR count). The van der Waals surface area contributed by atoms with Crippen LogP contribution >= 0.6 is 12.2 Å². The van der Waals surface area contributed by atoms with Crippen LogP contribution in [0.3, 0.4) is 0 Å². The average molecular weight is 798 g/mol. The summed E-state index contributed by atoms with van der Waals surface area (Å²) in [5.41, 5.74) is 6.65. The molecule has 4 unspecified atom stereocenters. The molecule has 0 radical (unpaired) electrons. The van der Waals surface area contributed by atoms with Gasteiger partial charge in [-0.3, -0.25) is 19.2 Å². The van der Waals surface area contributed by atoms with Crippen LogP contribution in [0.5, 0.6) is 0 Å². The maximum atomic E-state index is 14.4. The van der Waals surface area contributed by atoms with Crippen molar-refractivity contribution in [3.8, 4) is 0 Å². The Morgan fingerprint density at radius 3 is 2.38 bits per heavy atom. The fourth-order valence-electron chi connectivity index (χ4n) is 7.33. The van der Waals surface area contributed by atoms with Gasteiger partial charge in [0.2, 0.25) is 23.6 Å². The smallest absolute Gasteiger partial charge is 0.242 e. The van der Waals surface area contributed by atoms with Gasteiger partial charge in [-0.15, -0.1) is 0 Å². The molecule has 0 spiro atoms. The monoisotopic (exact) mass is 797 g/mol. The van der Waals surface area contributed by atoms with E-state index in [2.05, 4.69) is 21.3 Å². The number of aliphatic hydroxyl groups is 1. The number of nitrogens with zero attached hydrogens (tertiary/aromatic N) is 2. The molecule has 2 aromatic carbocycles. The van der Waals surface area contributed by atoms with Crippen LogP contribution in [0.2, 0.25) is 0 Å². The molecular formula is C41H63N7O7S. The summed E-state index contributed by atoms with van der Waals surface area (Å²) in [5.74, 6) is -1.87. The van der Waals surface area contributed by atoms with Crippen LogP contribution < -0.4 is 27.0 Å². The summed E-state index contributed by atoms with van der Waals surface area (Å²) < 4.78 is 11.2. The molecule has 0 aliphatic carbocycles. The SMILES string of the molecule is CNC(=S)NCCCCC(NC(=O)C(CC(=O)N1CCOCC1)Cc1cccc2ccccc12)C(=O)NC(CC(C)C)[C@@H](O)CC(=O)N1CCOC(CCN)C1. The predicted molar refractivity (Wildman–Crippen MR) is 221 cm³/mol. The Hall–Kier alpha value is -3.89. The summed E-state index contributed by atoms with van der Waals surface area (Å²) in [4.78, 5) is 59.0. The van der Waals surface area contributed by atoms with Gasteiger partial charge in [0.1, 0.15) is 6.04 Å². The molecule has 0 aromatic heterocycles. The number of morpholine rings is 2. The van der Waals surface area contributed by atoms with E-state index in [0.717, 1.165) is 16.3 Å². The maximum absolute atomic E-state index is 14.4. The van der Waals surface area contributed by atoms with Gasteiger partial charge in [-0.1, -0.05) is 56.3 Å². The van der Waals surface area contributed by atoms with E-state index < -0.39 is 35.9 Å². The summed E-state index contributed by atoms with van der Waals surface area (Å²) in [6.45, 7) is 8.01. The maximum Gasteiger partial charge on any atom is 0.242 e. The van der Waals surface area contributed by atoms with Crippen LogP contribution in [0, 0.1) is 11.8 Å². The number of nitrogens with one attached hydrogen (secondary N) is 4. The van der Waals surface area contributed by atoms with Crippen LogP contribution in [-0.2, 0) is 35.1 Å². The third-order valence-electron chi connectivity index (χ3n) is 10.4. The van der Waals surface area contributed by atoms with E-state index in [1.807, 2.05) is 56.3 Å². The molecule has 2 aliphatic heterocycles. The molecule has 310 valence electrons. The van der Waals surface area contributed by atoms with Gasteiger partial charge in [0.25, 0.3) is 0 Å². The normalized spacial score (nSPS) is 18.1. The second kappa shape index (κ2) is 23.4. The van der Waals surface area contributed by atoms with Crippen molar-refractivity contribution in [1.82, 2.24) is 31.1 Å². The topological polar surface area (TPSA) is 188 Å². The van der Waals surface area contributed by atoms with Crippen molar-refractivity contribution in [1.29, 1.82) is 0 Å². The molecule has 0 bridgehead atoms. The third-order valence-corrected chi connectivity index (χ3v) is 10.8. The first-order valence-corrected chi connectivity index (χ1v) is 20.6. The number of ether oxygens (including phenoxy) is 2. The molecule has 2 aliphatic rings. The lowest BCUT2D eigenvalue weighted by Crippen LogP contribution is -2.55. The van der Waals surface area contributed by atoms with Gasteiger partial charge in [0.15, 0.2) is 5.11 Å². The molecule has 14 nitrogen and oxygen atoms in total. The zero-order valence-corrected chi connectivity index (χ0v) is 34.1. The molecule has 2 heterocycles. The van der Waals surface area contributed by atoms with E-state index in [9.17, 15) is 24.3 Å². The molecule has 5 atom stereocenters. The van der Waals surface area contributed by atoms with Crippen LogP contribution in [0.15, 0.2) is 42.5 Å². The minimum absolute atomic E-state index is 0.0285. The Morgan fingerprint density at radius 1 is 0.929 bits per heavy atom. The van der Waals surface area contributed by atoms with E-state index in [1.165, 1.54) is 0 Å². The fraction of sp³-hybridized carbons (Fsp3) is 0.634. The number of nitrogens with two attached hydrogens (primary N) is 1. The lowest BCUT2D eigenvalue weighted by atomic mass is 9.91. The molecule has 2 aromatic rings. The van der Waals surface area contributed by atoms with Gasteiger partial charge >= 0.3 is 0 Å². The first-order valence-electron chi connectivity index (χ1n) is 20.1. The molecular weight excluding hydrogens is 735 g/mol. The average Bonchev–Trinajstić information content (AvgIpc) is 3.19. The molecule has 7 N–H and O–H groups in total. The van der Waals surface area contributed by atoms with Gasteiger partial charge in [-0.25, -0.2) is 0 Å². The number of carbonyl (C=O) groups excluding carboxylic acids is 4. The molecule has 15 heteroatoms. The number of hydrogen-bond acceptors (Lipinski definition) is 9. The zero-order chi connectivity index (χ0) is 40.5. The Morgan fingerprint density at radius 2 is 1.64 bits per heavy atom. The molecule has 4 amide bonds. The highest BCUT2D eigenvalue weighted by atomic mass is 32.1. The predicted octanol–water partition coefficient (Wildman–Crippen LogP) is 1.85. The lowest BCUT2D eigenvalue weighted by molar-refractivity contribution is -0.142. The molecule has 0 saturated carbocycles. The number of unbranched alkanes of at least 4 members (excludes halogenated alkanes) is 1. The van der Waals surface area contributed by atoms with Crippen molar-refractivity contribution in [3.05, 3.63) is 48.0 Å². The van der Waals surface area contributed by atoms with Crippen molar-refractivity contribution < 1.29 is 33.8 Å². The van der Waals surface area contributed by atoms with Crippen molar-refractivity contribution in [2.45, 2.75) is 89.5 Å². The summed E-state index contributed by atoms with van der Waals surface area (Å²) in [6.07, 6.45) is 1.41. The lowest BCUT2D eigenvalue weighted by Gasteiger charge is -2.34. The summed E-state index contributed by atoms with van der Waals surface area (Å²) in [7, 11) is 1.73. The van der Waals surface area contributed by atoms with Gasteiger partial charge in [0, 0.05) is 46.2 Å². The van der Waals surface area contributed by atoms with Crippen LogP contribution in [-0.4, -0.2) is 134 Å². The highest BCUT2D eigenvalue weighted by Crippen LogP contribution is 2.24. The van der Waals surface area contributed by atoms with E-state index in [4.69, 9.17) is 27.4 Å². The highest BCUT2D eigenvalue weighted by Gasteiger charge is 2.33. The minimum Gasteiger partial charge on any atom is -0.390 e. The number of aliphatic hydroxyl groups excluding tert-OH is 1. The first kappa shape index (κ1) is 44.8. The van der Waals surface area contributed by atoms with Crippen LogP contribution in [0.25, 0.3) is 10.8 Å². The Balaban J connectivity index is 1.53. The number of benzene rings is 2. The molecule has 56 heavy (non-hydrogen) atoms. The number of rotatable bonds is 20. The van der Waals surface area contributed by atoms with Crippen molar-refractivity contribution >= 4 is 51.7 Å². The standard InChI is InChI=1S/C41H63N7O7S/c1-28(2)23-35(36(49)26-38(51)48-19-22-55-32(27-48)14-15-42)46-40(53)34(13-6-7-16-44-41(56)43-3)45-39(52)31(25-37(50)47-17-20-54-21-18-47)24-30-11-8-10-29-9-4-5-12-33(29)30/h4-5,8-12,28,31-32,34-36,49H,6-7,13-27,42H2,1-3H3,(H,45,52)(H,46,53)(H2,43,44,56)/t31?,32?,34?,35?,36-/m0/s1. The van der Waals surface area contributed by atoms with E-state index in [-0.39, 0.29) is 36.7 Å². The van der Waals surface area contributed by atoms with E-state index in [0.29, 0.717) is 103 Å². The number of thiocarbonyl (C=S) groups is 1. The van der Waals surface area contributed by atoms with Gasteiger partial charge < -0.3 is 51.4 Å². The fourth-order valence-corrected chi connectivity index (χ4v) is 7.43. The van der Waals surface area contributed by atoms with E-state index in [1.54, 1.807) is 16.8 Å². The Labute approximate surface area is 336 Å². The first-order chi connectivity index (χ1) is 27.0. The van der Waals surface area contributed by atoms with Crippen molar-refractivity contribution in [2.24, 2.45) is 17.6 Å². The van der Waals surface area contributed by atoms with Gasteiger partial charge in [-0.2, -0.15) is 0 Å². The second-order valence-corrected chi connectivity index (χ2v) is 15.6. The third kappa shape index (κ3) is 14.2. The van der Waals surface area contributed by atoms with Crippen LogP contribution in [0.4, 0.5) is 0 Å². The van der Waals surface area contributed by atoms with E-state index >= 15 is 0 Å². The summed E-state index contributed by atoms with van der Waals surface area (Å²) in [5, 5.41) is 26.0. The second-order valence-electron chi connectivity index (χ2n) is 15.2. The van der Waals surface area contributed by atoms with Crippen molar-refractivity contribution in [3.63, 3.8) is 0 Å². The van der Waals surface area contributed by atoms with Crippen LogP contribution in [0.1, 0.15) is 64.4 Å². The molecule has 2 saturated heterocycles. The summed E-state index contributed by atoms with van der Waals surface area (Å²) >= 11 is 5.20. The largest absolute Gasteiger partial charge is 0.390 e. The zero-order valence-electron chi connectivity index (χ0n) is 33.3. The number of hydrogen-bond donors (Lipinski definition) is 6. The number of carbonyl (C=O) groups is 4. The van der Waals surface area contributed by atoms with Gasteiger partial charge in [-0.05, 0) is 79.5 Å². The highest BCUT2D eigenvalue weighted by molar-refractivity contribution is 7.80. The van der Waals surface area contributed by atoms with Crippen molar-refractivity contribution in [2.75, 3.05) is 66.1 Å².